The number of ether oxygens (including phenoxy) is 4. The molecule has 0 spiro atoms. The maximum Gasteiger partial charge on any atom is 0.156 e. The van der Waals surface area contributed by atoms with Crippen LogP contribution in [0.4, 0.5) is 0 Å². The van der Waals surface area contributed by atoms with E-state index in [0.29, 0.717) is 58.0 Å². The zero-order chi connectivity index (χ0) is 26.7. The number of epoxide rings is 2. The molecule has 8 heteroatoms. The summed E-state index contributed by atoms with van der Waals surface area (Å²) in [5.41, 5.74) is 5.32. The van der Waals surface area contributed by atoms with Crippen LogP contribution in [0.1, 0.15) is 22.3 Å². The smallest absolute Gasteiger partial charge is 0.156 e. The Labute approximate surface area is 246 Å². The van der Waals surface area contributed by atoms with Gasteiger partial charge in [0.05, 0.1) is 38.7 Å². The summed E-state index contributed by atoms with van der Waals surface area (Å²) in [6.07, 6.45) is 0.154. The van der Waals surface area contributed by atoms with Crippen molar-refractivity contribution in [3.8, 4) is 22.6 Å². The highest BCUT2D eigenvalue weighted by Crippen LogP contribution is 2.58. The first-order chi connectivity index (χ1) is 19.0. The molecule has 0 aromatic heterocycles. The number of hydrogen-bond acceptors (Lipinski definition) is 4. The van der Waals surface area contributed by atoms with E-state index in [9.17, 15) is 0 Å². The van der Waals surface area contributed by atoms with Crippen molar-refractivity contribution in [2.24, 2.45) is 0 Å². The van der Waals surface area contributed by atoms with Gasteiger partial charge in [0.25, 0.3) is 0 Å². The molecule has 3 aliphatic rings. The highest BCUT2D eigenvalue weighted by atomic mass is 35.5. The Balaban J connectivity index is 1.45. The molecule has 1 aliphatic carbocycles. The Bertz CT molecular complexity index is 1430. The van der Waals surface area contributed by atoms with E-state index in [2.05, 4.69) is 24.3 Å². The zero-order valence-corrected chi connectivity index (χ0v) is 23.6. The number of rotatable bonds is 8. The zero-order valence-electron chi connectivity index (χ0n) is 20.6. The highest BCUT2D eigenvalue weighted by molar-refractivity contribution is 6.38. The van der Waals surface area contributed by atoms with Gasteiger partial charge < -0.3 is 18.9 Å². The fourth-order valence-electron chi connectivity index (χ4n) is 5.53. The lowest BCUT2D eigenvalue weighted by molar-refractivity contribution is 0.263. The SMILES string of the molecule is Clc1cc(C2(c3cc(Cl)c(OCC4CO4)c(Cl)c3)c3ccccc3-c3ccccc32)cc(Cl)c1OCC1CO1. The van der Waals surface area contributed by atoms with Gasteiger partial charge in [0.1, 0.15) is 25.4 Å². The quantitative estimate of drug-likeness (QED) is 0.169. The summed E-state index contributed by atoms with van der Waals surface area (Å²) in [6.45, 7) is 2.15. The summed E-state index contributed by atoms with van der Waals surface area (Å²) >= 11 is 27.4. The van der Waals surface area contributed by atoms with Crippen LogP contribution >= 0.6 is 46.4 Å². The van der Waals surface area contributed by atoms with Gasteiger partial charge in [-0.1, -0.05) is 94.9 Å². The van der Waals surface area contributed by atoms with Crippen LogP contribution in [0, 0.1) is 0 Å². The molecule has 0 bridgehead atoms. The fourth-order valence-corrected chi connectivity index (χ4v) is 6.73. The average Bonchev–Trinajstić information content (AvgIpc) is 3.86. The minimum Gasteiger partial charge on any atom is -0.488 e. The second-order valence-corrected chi connectivity index (χ2v) is 11.5. The minimum atomic E-state index is -0.802. The van der Waals surface area contributed by atoms with E-state index in [-0.39, 0.29) is 12.2 Å². The Hall–Kier alpha value is -2.44. The van der Waals surface area contributed by atoms with E-state index in [4.69, 9.17) is 65.4 Å². The van der Waals surface area contributed by atoms with Crippen LogP contribution in [0.3, 0.4) is 0 Å². The minimum absolute atomic E-state index is 0.0771. The van der Waals surface area contributed by atoms with Gasteiger partial charge in [-0.25, -0.2) is 0 Å². The Morgan fingerprint density at radius 3 is 1.33 bits per heavy atom. The molecular formula is C31H22Cl4O4. The molecule has 2 heterocycles. The van der Waals surface area contributed by atoms with Crippen LogP contribution in [0.2, 0.25) is 20.1 Å². The van der Waals surface area contributed by atoms with Crippen LogP contribution in [0.15, 0.2) is 72.8 Å². The first-order valence-electron chi connectivity index (χ1n) is 12.6. The largest absolute Gasteiger partial charge is 0.488 e. The number of fused-ring (bicyclic) bond motifs is 3. The normalized spacial score (nSPS) is 19.8. The molecule has 7 rings (SSSR count). The second kappa shape index (κ2) is 9.88. The molecular weight excluding hydrogens is 578 g/mol. The Morgan fingerprint density at radius 2 is 0.974 bits per heavy atom. The highest BCUT2D eigenvalue weighted by Gasteiger charge is 2.47. The third kappa shape index (κ3) is 4.39. The van der Waals surface area contributed by atoms with Crippen molar-refractivity contribution in [1.82, 2.24) is 0 Å². The second-order valence-electron chi connectivity index (χ2n) is 9.91. The lowest BCUT2D eigenvalue weighted by Gasteiger charge is -2.35. The summed E-state index contributed by atoms with van der Waals surface area (Å²) in [5, 5.41) is 1.67. The molecule has 4 aromatic rings. The summed E-state index contributed by atoms with van der Waals surface area (Å²) in [4.78, 5) is 0. The Kier molecular flexibility index (Phi) is 6.47. The van der Waals surface area contributed by atoms with E-state index in [1.54, 1.807) is 0 Å². The maximum absolute atomic E-state index is 6.85. The van der Waals surface area contributed by atoms with Gasteiger partial charge in [-0.3, -0.25) is 0 Å². The molecule has 4 nitrogen and oxygen atoms in total. The van der Waals surface area contributed by atoms with E-state index >= 15 is 0 Å². The predicted octanol–water partition coefficient (Wildman–Crippen LogP) is 8.22. The molecule has 0 radical (unpaired) electrons. The third-order valence-electron chi connectivity index (χ3n) is 7.45. The van der Waals surface area contributed by atoms with Crippen LogP contribution in [0.5, 0.6) is 11.5 Å². The predicted molar refractivity (Wildman–Crippen MR) is 154 cm³/mol. The lowest BCUT2D eigenvalue weighted by atomic mass is 9.67. The third-order valence-corrected chi connectivity index (χ3v) is 8.57. The molecule has 2 atom stereocenters. The number of benzene rings is 4. The van der Waals surface area contributed by atoms with E-state index in [1.807, 2.05) is 48.5 Å². The molecule has 2 fully saturated rings. The molecule has 0 saturated carbocycles. The van der Waals surface area contributed by atoms with Crippen LogP contribution in [0.25, 0.3) is 11.1 Å². The van der Waals surface area contributed by atoms with Gasteiger partial charge in [0.2, 0.25) is 0 Å². The standard InChI is InChI=1S/C31H22Cl4O4/c32-25-9-17(10-26(33)29(25)38-15-19-13-36-19)31(18-11-27(34)30(28(35)12-18)39-16-20-14-37-20)23-7-3-1-5-21(23)22-6-2-4-8-24(22)31/h1-12,19-20H,13-16H2. The molecule has 2 aliphatic heterocycles. The topological polar surface area (TPSA) is 43.5 Å². The number of hydrogen-bond donors (Lipinski definition) is 0. The molecule has 198 valence electrons. The summed E-state index contributed by atoms with van der Waals surface area (Å²) < 4.78 is 22.4. The lowest BCUT2D eigenvalue weighted by Crippen LogP contribution is -2.29. The van der Waals surface area contributed by atoms with Crippen molar-refractivity contribution < 1.29 is 18.9 Å². The van der Waals surface area contributed by atoms with E-state index in [1.165, 1.54) is 0 Å². The van der Waals surface area contributed by atoms with Crippen LogP contribution < -0.4 is 9.47 Å². The van der Waals surface area contributed by atoms with Gasteiger partial charge >= 0.3 is 0 Å². The molecule has 2 unspecified atom stereocenters. The summed E-state index contributed by atoms with van der Waals surface area (Å²) in [6, 6.07) is 24.4. The fraction of sp³-hybridized carbons (Fsp3) is 0.226. The van der Waals surface area contributed by atoms with Crippen LogP contribution in [-0.4, -0.2) is 38.6 Å². The van der Waals surface area contributed by atoms with Crippen molar-refractivity contribution >= 4 is 46.4 Å². The molecule has 4 aromatic carbocycles. The monoisotopic (exact) mass is 598 g/mol. The van der Waals surface area contributed by atoms with Gasteiger partial charge in [-0.15, -0.1) is 0 Å². The molecule has 0 N–H and O–H groups in total. The van der Waals surface area contributed by atoms with Gasteiger partial charge in [0, 0.05) is 0 Å². The number of halogens is 4. The van der Waals surface area contributed by atoms with E-state index in [0.717, 1.165) is 33.4 Å². The van der Waals surface area contributed by atoms with Crippen molar-refractivity contribution in [2.45, 2.75) is 17.6 Å². The Morgan fingerprint density at radius 1 is 0.615 bits per heavy atom. The van der Waals surface area contributed by atoms with Crippen molar-refractivity contribution in [3.05, 3.63) is 115 Å². The first kappa shape index (κ1) is 25.5. The van der Waals surface area contributed by atoms with Crippen LogP contribution in [-0.2, 0) is 14.9 Å². The molecule has 39 heavy (non-hydrogen) atoms. The van der Waals surface area contributed by atoms with Gasteiger partial charge in [0.15, 0.2) is 11.5 Å². The average molecular weight is 600 g/mol. The van der Waals surface area contributed by atoms with Crippen molar-refractivity contribution in [3.63, 3.8) is 0 Å². The maximum atomic E-state index is 6.85. The van der Waals surface area contributed by atoms with Gasteiger partial charge in [-0.2, -0.15) is 0 Å². The summed E-state index contributed by atoms with van der Waals surface area (Å²) in [7, 11) is 0. The van der Waals surface area contributed by atoms with Crippen molar-refractivity contribution in [1.29, 1.82) is 0 Å². The van der Waals surface area contributed by atoms with Crippen molar-refractivity contribution in [2.75, 3.05) is 26.4 Å². The first-order valence-corrected chi connectivity index (χ1v) is 14.1. The molecule has 0 amide bonds. The van der Waals surface area contributed by atoms with E-state index < -0.39 is 5.41 Å². The van der Waals surface area contributed by atoms with Gasteiger partial charge in [-0.05, 0) is 57.6 Å². The molecule has 2 saturated heterocycles. The summed E-state index contributed by atoms with van der Waals surface area (Å²) in [5.74, 6) is 0.879.